The van der Waals surface area contributed by atoms with Gasteiger partial charge < -0.3 is 10.6 Å². The molecule has 6 heteroatoms. The molecule has 0 aliphatic rings. The van der Waals surface area contributed by atoms with Crippen LogP contribution in [0.4, 0.5) is 11.6 Å². The van der Waals surface area contributed by atoms with Gasteiger partial charge in [-0.05, 0) is 20.8 Å². The van der Waals surface area contributed by atoms with Crippen LogP contribution in [-0.2, 0) is 10.8 Å². The van der Waals surface area contributed by atoms with Crippen LogP contribution in [0.3, 0.4) is 0 Å². The SMILES string of the molecule is CNc1nc(C)nc(NCC(C)S(C)=O)c1C. The van der Waals surface area contributed by atoms with E-state index >= 15 is 0 Å². The van der Waals surface area contributed by atoms with Crippen molar-refractivity contribution in [3.63, 3.8) is 0 Å². The Hall–Kier alpha value is -1.17. The smallest absolute Gasteiger partial charge is 0.134 e. The summed E-state index contributed by atoms with van der Waals surface area (Å²) in [6.45, 7) is 6.41. The van der Waals surface area contributed by atoms with Crippen LogP contribution >= 0.6 is 0 Å². The van der Waals surface area contributed by atoms with E-state index in [4.69, 9.17) is 0 Å². The number of aromatic nitrogens is 2. The number of rotatable bonds is 5. The Morgan fingerprint density at radius 2 is 1.88 bits per heavy atom. The molecule has 96 valence electrons. The highest BCUT2D eigenvalue weighted by molar-refractivity contribution is 7.84. The quantitative estimate of drug-likeness (QED) is 0.831. The van der Waals surface area contributed by atoms with E-state index in [0.29, 0.717) is 12.4 Å². The Labute approximate surface area is 105 Å². The van der Waals surface area contributed by atoms with Crippen LogP contribution in [0.5, 0.6) is 0 Å². The number of hydrogen-bond donors (Lipinski definition) is 2. The first-order chi connectivity index (χ1) is 7.95. The first kappa shape index (κ1) is 13.9. The van der Waals surface area contributed by atoms with Gasteiger partial charge in [-0.15, -0.1) is 0 Å². The van der Waals surface area contributed by atoms with Gasteiger partial charge in [0.15, 0.2) is 0 Å². The standard InChI is InChI=1S/C11H20N4OS/c1-7(17(5)16)6-13-11-8(2)10(12-4)14-9(3)15-11/h7H,6H2,1-5H3,(H2,12,13,14,15). The van der Waals surface area contributed by atoms with E-state index in [0.717, 1.165) is 17.2 Å². The lowest BCUT2D eigenvalue weighted by atomic mass is 10.3. The maximum atomic E-state index is 11.3. The molecule has 0 aliphatic carbocycles. The van der Waals surface area contributed by atoms with Crippen LogP contribution in [-0.4, -0.2) is 39.3 Å². The fourth-order valence-electron chi connectivity index (χ4n) is 1.40. The third-order valence-electron chi connectivity index (χ3n) is 2.62. The molecule has 0 amide bonds. The molecule has 1 rings (SSSR count). The van der Waals surface area contributed by atoms with Crippen molar-refractivity contribution in [1.82, 2.24) is 9.97 Å². The number of anilines is 2. The highest BCUT2D eigenvalue weighted by atomic mass is 32.2. The summed E-state index contributed by atoms with van der Waals surface area (Å²) in [6.07, 6.45) is 1.71. The molecule has 0 saturated heterocycles. The molecule has 2 unspecified atom stereocenters. The fourth-order valence-corrected chi connectivity index (χ4v) is 1.72. The lowest BCUT2D eigenvalue weighted by Gasteiger charge is -2.14. The summed E-state index contributed by atoms with van der Waals surface area (Å²) in [4.78, 5) is 8.64. The number of nitrogens with zero attached hydrogens (tertiary/aromatic N) is 2. The van der Waals surface area contributed by atoms with Crippen molar-refractivity contribution in [2.24, 2.45) is 0 Å². The molecular weight excluding hydrogens is 236 g/mol. The highest BCUT2D eigenvalue weighted by Crippen LogP contribution is 2.19. The number of nitrogens with one attached hydrogen (secondary N) is 2. The van der Waals surface area contributed by atoms with Gasteiger partial charge in [-0.25, -0.2) is 9.97 Å². The molecule has 1 heterocycles. The monoisotopic (exact) mass is 256 g/mol. The van der Waals surface area contributed by atoms with Crippen LogP contribution in [0.25, 0.3) is 0 Å². The van der Waals surface area contributed by atoms with E-state index in [2.05, 4.69) is 20.6 Å². The number of aryl methyl sites for hydroxylation is 1. The van der Waals surface area contributed by atoms with E-state index < -0.39 is 10.8 Å². The Morgan fingerprint density at radius 1 is 1.29 bits per heavy atom. The minimum absolute atomic E-state index is 0.0997. The molecular formula is C11H20N4OS. The fraction of sp³-hybridized carbons (Fsp3) is 0.636. The molecule has 2 N–H and O–H groups in total. The second-order valence-electron chi connectivity index (χ2n) is 4.03. The van der Waals surface area contributed by atoms with Crippen molar-refractivity contribution in [2.75, 3.05) is 30.5 Å². The van der Waals surface area contributed by atoms with Crippen LogP contribution in [0, 0.1) is 13.8 Å². The second kappa shape index (κ2) is 5.95. The van der Waals surface area contributed by atoms with E-state index in [1.807, 2.05) is 27.8 Å². The first-order valence-electron chi connectivity index (χ1n) is 5.54. The zero-order valence-corrected chi connectivity index (χ0v) is 11.8. The van der Waals surface area contributed by atoms with E-state index in [9.17, 15) is 4.21 Å². The molecule has 0 radical (unpaired) electrons. The highest BCUT2D eigenvalue weighted by Gasteiger charge is 2.10. The molecule has 0 bridgehead atoms. The maximum Gasteiger partial charge on any atom is 0.134 e. The summed E-state index contributed by atoms with van der Waals surface area (Å²) in [5.74, 6) is 2.34. The van der Waals surface area contributed by atoms with Crippen molar-refractivity contribution in [1.29, 1.82) is 0 Å². The predicted molar refractivity (Wildman–Crippen MR) is 73.1 cm³/mol. The van der Waals surface area contributed by atoms with Crippen LogP contribution < -0.4 is 10.6 Å². The zero-order valence-electron chi connectivity index (χ0n) is 11.0. The van der Waals surface area contributed by atoms with Gasteiger partial charge in [0.25, 0.3) is 0 Å². The molecule has 0 fully saturated rings. The third-order valence-corrected chi connectivity index (χ3v) is 3.92. The zero-order chi connectivity index (χ0) is 13.0. The van der Waals surface area contributed by atoms with Gasteiger partial charge in [0.1, 0.15) is 17.5 Å². The maximum absolute atomic E-state index is 11.3. The Bertz CT molecular complexity index is 422. The third kappa shape index (κ3) is 3.66. The first-order valence-corrected chi connectivity index (χ1v) is 7.17. The molecule has 0 aromatic carbocycles. The molecule has 0 spiro atoms. The summed E-state index contributed by atoms with van der Waals surface area (Å²) in [6, 6.07) is 0. The summed E-state index contributed by atoms with van der Waals surface area (Å²) in [5, 5.41) is 6.36. The lowest BCUT2D eigenvalue weighted by molar-refractivity contribution is 0.678. The lowest BCUT2D eigenvalue weighted by Crippen LogP contribution is -2.22. The summed E-state index contributed by atoms with van der Waals surface area (Å²) >= 11 is 0. The van der Waals surface area contributed by atoms with Gasteiger partial charge in [-0.2, -0.15) is 0 Å². The van der Waals surface area contributed by atoms with E-state index in [1.165, 1.54) is 0 Å². The minimum atomic E-state index is -0.825. The molecule has 1 aromatic rings. The van der Waals surface area contributed by atoms with Crippen molar-refractivity contribution < 1.29 is 4.21 Å². The predicted octanol–water partition coefficient (Wildman–Crippen LogP) is 1.31. The van der Waals surface area contributed by atoms with Gasteiger partial charge in [-0.3, -0.25) is 4.21 Å². The molecule has 2 atom stereocenters. The molecule has 1 aromatic heterocycles. The average Bonchev–Trinajstić information content (AvgIpc) is 2.29. The van der Waals surface area contributed by atoms with Crippen LogP contribution in [0.1, 0.15) is 18.3 Å². The van der Waals surface area contributed by atoms with E-state index in [-0.39, 0.29) is 5.25 Å². The summed E-state index contributed by atoms with van der Waals surface area (Å²) in [7, 11) is 1.01. The van der Waals surface area contributed by atoms with Gasteiger partial charge in [0.05, 0.1) is 0 Å². The Morgan fingerprint density at radius 3 is 2.41 bits per heavy atom. The topological polar surface area (TPSA) is 66.9 Å². The van der Waals surface area contributed by atoms with Gasteiger partial charge >= 0.3 is 0 Å². The van der Waals surface area contributed by atoms with Gasteiger partial charge in [-0.1, -0.05) is 0 Å². The average molecular weight is 256 g/mol. The van der Waals surface area contributed by atoms with Crippen molar-refractivity contribution in [3.8, 4) is 0 Å². The Balaban J connectivity index is 2.84. The largest absolute Gasteiger partial charge is 0.373 e. The van der Waals surface area contributed by atoms with Crippen molar-refractivity contribution >= 4 is 22.4 Å². The Kier molecular flexibility index (Phi) is 4.86. The van der Waals surface area contributed by atoms with Crippen LogP contribution in [0.2, 0.25) is 0 Å². The summed E-state index contributed by atoms with van der Waals surface area (Å²) in [5.41, 5.74) is 0.979. The van der Waals surface area contributed by atoms with Crippen molar-refractivity contribution in [2.45, 2.75) is 26.0 Å². The van der Waals surface area contributed by atoms with Crippen molar-refractivity contribution in [3.05, 3.63) is 11.4 Å². The van der Waals surface area contributed by atoms with Gasteiger partial charge in [0, 0.05) is 41.5 Å². The minimum Gasteiger partial charge on any atom is -0.373 e. The number of hydrogen-bond acceptors (Lipinski definition) is 5. The molecule has 0 saturated carbocycles. The summed E-state index contributed by atoms with van der Waals surface area (Å²) < 4.78 is 11.3. The second-order valence-corrected chi connectivity index (χ2v) is 5.84. The van der Waals surface area contributed by atoms with Crippen LogP contribution in [0.15, 0.2) is 0 Å². The molecule has 17 heavy (non-hydrogen) atoms. The normalized spacial score (nSPS) is 14.2. The molecule has 5 nitrogen and oxygen atoms in total. The molecule has 0 aliphatic heterocycles. The van der Waals surface area contributed by atoms with Gasteiger partial charge in [0.2, 0.25) is 0 Å². The van der Waals surface area contributed by atoms with E-state index in [1.54, 1.807) is 6.26 Å².